The molecule has 0 aliphatic carbocycles. The Bertz CT molecular complexity index is 579. The first-order chi connectivity index (χ1) is 7.13. The van der Waals surface area contributed by atoms with E-state index >= 15 is 0 Å². The van der Waals surface area contributed by atoms with Gasteiger partial charge in [0.15, 0.2) is 5.65 Å². The maximum absolute atomic E-state index is 8.80. The highest BCUT2D eigenvalue weighted by atomic mass is 14.8. The summed E-state index contributed by atoms with van der Waals surface area (Å²) >= 11 is 0. The van der Waals surface area contributed by atoms with Crippen molar-refractivity contribution in [3.63, 3.8) is 0 Å². The summed E-state index contributed by atoms with van der Waals surface area (Å²) in [5, 5.41) is 9.77. The van der Waals surface area contributed by atoms with Crippen LogP contribution < -0.4 is 0 Å². The van der Waals surface area contributed by atoms with Gasteiger partial charge in [-0.05, 0) is 38.0 Å². The topological polar surface area (TPSA) is 49.6 Å². The summed E-state index contributed by atoms with van der Waals surface area (Å²) in [4.78, 5) is 8.57. The first-order valence-electron chi connectivity index (χ1n) is 4.77. The van der Waals surface area contributed by atoms with Gasteiger partial charge in [-0.2, -0.15) is 5.26 Å². The number of nitrogens with zero attached hydrogens (tertiary/aromatic N) is 3. The zero-order chi connectivity index (χ0) is 11.0. The lowest BCUT2D eigenvalue weighted by molar-refractivity contribution is 1.13. The fraction of sp³-hybridized carbons (Fsp3) is 0.250. The molecule has 2 aromatic rings. The molecule has 74 valence electrons. The predicted molar refractivity (Wildman–Crippen MR) is 58.5 cm³/mol. The van der Waals surface area contributed by atoms with Crippen LogP contribution in [0.5, 0.6) is 0 Å². The van der Waals surface area contributed by atoms with Crippen molar-refractivity contribution in [2.45, 2.75) is 20.8 Å². The minimum absolute atomic E-state index is 0.579. The number of aromatic nitrogens is 2. The van der Waals surface area contributed by atoms with Crippen molar-refractivity contribution in [3.8, 4) is 6.07 Å². The van der Waals surface area contributed by atoms with Crippen molar-refractivity contribution in [2.24, 2.45) is 0 Å². The molecule has 0 fully saturated rings. The number of hydrogen-bond donors (Lipinski definition) is 0. The lowest BCUT2D eigenvalue weighted by atomic mass is 10.0. The smallest absolute Gasteiger partial charge is 0.159 e. The second kappa shape index (κ2) is 3.32. The molecular weight excluding hydrogens is 186 g/mol. The van der Waals surface area contributed by atoms with Crippen LogP contribution in [0.2, 0.25) is 0 Å². The normalized spacial score (nSPS) is 10.3. The Labute approximate surface area is 88.4 Å². The van der Waals surface area contributed by atoms with Crippen LogP contribution in [0.25, 0.3) is 11.0 Å². The molecule has 15 heavy (non-hydrogen) atoms. The second-order valence-electron chi connectivity index (χ2n) is 3.65. The number of pyridine rings is 2. The number of nitriles is 1. The SMILES string of the molecule is Cc1nc2ncc(C#N)cc2c(C)c1C. The van der Waals surface area contributed by atoms with Crippen LogP contribution in [0.15, 0.2) is 12.3 Å². The second-order valence-corrected chi connectivity index (χ2v) is 3.65. The lowest BCUT2D eigenvalue weighted by Gasteiger charge is -2.07. The molecule has 2 heterocycles. The molecule has 2 rings (SSSR count). The van der Waals surface area contributed by atoms with Crippen molar-refractivity contribution >= 4 is 11.0 Å². The number of rotatable bonds is 0. The molecule has 0 amide bonds. The van der Waals surface area contributed by atoms with E-state index in [0.29, 0.717) is 5.56 Å². The van der Waals surface area contributed by atoms with Crippen molar-refractivity contribution in [2.75, 3.05) is 0 Å². The van der Waals surface area contributed by atoms with Gasteiger partial charge in [0.25, 0.3) is 0 Å². The van der Waals surface area contributed by atoms with E-state index in [1.54, 1.807) is 6.20 Å². The highest BCUT2D eigenvalue weighted by Crippen LogP contribution is 2.20. The number of hydrogen-bond acceptors (Lipinski definition) is 3. The summed E-state index contributed by atoms with van der Waals surface area (Å²) in [5.41, 5.74) is 4.61. The summed E-state index contributed by atoms with van der Waals surface area (Å²) in [7, 11) is 0. The highest BCUT2D eigenvalue weighted by molar-refractivity contribution is 5.81. The van der Waals surface area contributed by atoms with Crippen molar-refractivity contribution in [1.29, 1.82) is 5.26 Å². The van der Waals surface area contributed by atoms with Gasteiger partial charge in [-0.25, -0.2) is 9.97 Å². The third kappa shape index (κ3) is 1.44. The van der Waals surface area contributed by atoms with Crippen LogP contribution >= 0.6 is 0 Å². The van der Waals surface area contributed by atoms with Crippen molar-refractivity contribution in [1.82, 2.24) is 9.97 Å². The zero-order valence-electron chi connectivity index (χ0n) is 9.00. The van der Waals surface area contributed by atoms with Gasteiger partial charge < -0.3 is 0 Å². The van der Waals surface area contributed by atoms with Crippen LogP contribution in [0, 0.1) is 32.1 Å². The largest absolute Gasteiger partial charge is 0.235 e. The number of fused-ring (bicyclic) bond motifs is 1. The van der Waals surface area contributed by atoms with Gasteiger partial charge in [0.2, 0.25) is 0 Å². The van der Waals surface area contributed by atoms with E-state index in [2.05, 4.69) is 16.0 Å². The van der Waals surface area contributed by atoms with Crippen molar-refractivity contribution in [3.05, 3.63) is 34.6 Å². The quantitative estimate of drug-likeness (QED) is 0.651. The van der Waals surface area contributed by atoms with Crippen LogP contribution in [0.4, 0.5) is 0 Å². The van der Waals surface area contributed by atoms with Gasteiger partial charge >= 0.3 is 0 Å². The van der Waals surface area contributed by atoms with Crippen LogP contribution in [-0.2, 0) is 0 Å². The molecule has 3 nitrogen and oxygen atoms in total. The molecule has 0 bridgehead atoms. The molecule has 0 spiro atoms. The standard InChI is InChI=1S/C12H11N3/c1-7-8(2)11-4-10(5-13)6-14-12(11)15-9(7)3/h4,6H,1-3H3. The van der Waals surface area contributed by atoms with Crippen LogP contribution in [-0.4, -0.2) is 9.97 Å². The Kier molecular flexibility index (Phi) is 2.12. The molecule has 0 aliphatic heterocycles. The maximum Gasteiger partial charge on any atom is 0.159 e. The minimum Gasteiger partial charge on any atom is -0.235 e. The number of aryl methyl sites for hydroxylation is 2. The van der Waals surface area contributed by atoms with Gasteiger partial charge in [-0.15, -0.1) is 0 Å². The summed E-state index contributed by atoms with van der Waals surface area (Å²) < 4.78 is 0. The average molecular weight is 197 g/mol. The van der Waals surface area contributed by atoms with E-state index in [0.717, 1.165) is 22.3 Å². The fourth-order valence-corrected chi connectivity index (χ4v) is 1.60. The van der Waals surface area contributed by atoms with E-state index in [1.807, 2.05) is 26.8 Å². The average Bonchev–Trinajstić information content (AvgIpc) is 2.26. The minimum atomic E-state index is 0.579. The van der Waals surface area contributed by atoms with E-state index < -0.39 is 0 Å². The third-order valence-electron chi connectivity index (χ3n) is 2.78. The Balaban J connectivity index is 2.89. The van der Waals surface area contributed by atoms with E-state index in [4.69, 9.17) is 5.26 Å². The monoisotopic (exact) mass is 197 g/mol. The van der Waals surface area contributed by atoms with Crippen LogP contribution in [0.3, 0.4) is 0 Å². The molecule has 2 aromatic heterocycles. The van der Waals surface area contributed by atoms with Gasteiger partial charge in [-0.1, -0.05) is 0 Å². The molecule has 0 aromatic carbocycles. The van der Waals surface area contributed by atoms with E-state index in [9.17, 15) is 0 Å². The Morgan fingerprint density at radius 1 is 1.20 bits per heavy atom. The van der Waals surface area contributed by atoms with Gasteiger partial charge in [0.05, 0.1) is 5.56 Å². The Morgan fingerprint density at radius 2 is 1.93 bits per heavy atom. The lowest BCUT2D eigenvalue weighted by Crippen LogP contribution is -1.96. The summed E-state index contributed by atoms with van der Waals surface area (Å²) in [6.45, 7) is 6.05. The van der Waals surface area contributed by atoms with Crippen LogP contribution in [0.1, 0.15) is 22.4 Å². The third-order valence-corrected chi connectivity index (χ3v) is 2.78. The zero-order valence-corrected chi connectivity index (χ0v) is 9.00. The first-order valence-corrected chi connectivity index (χ1v) is 4.77. The highest BCUT2D eigenvalue weighted by Gasteiger charge is 2.06. The summed E-state index contributed by atoms with van der Waals surface area (Å²) in [6.07, 6.45) is 1.56. The van der Waals surface area contributed by atoms with Gasteiger partial charge in [-0.3, -0.25) is 0 Å². The molecule has 0 radical (unpaired) electrons. The molecule has 0 saturated carbocycles. The summed E-state index contributed by atoms with van der Waals surface area (Å²) in [5.74, 6) is 0. The Morgan fingerprint density at radius 3 is 2.60 bits per heavy atom. The van der Waals surface area contributed by atoms with Gasteiger partial charge in [0.1, 0.15) is 6.07 Å². The molecule has 0 aliphatic rings. The van der Waals surface area contributed by atoms with Crippen molar-refractivity contribution < 1.29 is 0 Å². The Hall–Kier alpha value is -1.95. The maximum atomic E-state index is 8.80. The predicted octanol–water partition coefficient (Wildman–Crippen LogP) is 2.43. The molecule has 3 heteroatoms. The first kappa shape index (κ1) is 9.60. The summed E-state index contributed by atoms with van der Waals surface area (Å²) in [6, 6.07) is 3.93. The molecule has 0 atom stereocenters. The molecular formula is C12H11N3. The van der Waals surface area contributed by atoms with E-state index in [1.165, 1.54) is 5.56 Å². The molecule has 0 saturated heterocycles. The fourth-order valence-electron chi connectivity index (χ4n) is 1.60. The molecule has 0 unspecified atom stereocenters. The van der Waals surface area contributed by atoms with E-state index in [-0.39, 0.29) is 0 Å². The molecule has 0 N–H and O–H groups in total. The van der Waals surface area contributed by atoms with Gasteiger partial charge in [0, 0.05) is 17.3 Å².